The fraction of sp³-hybridized carbons (Fsp3) is 0.133. The summed E-state index contributed by atoms with van der Waals surface area (Å²) in [6.07, 6.45) is 3.30. The molecule has 0 aliphatic heterocycles. The molecule has 0 bridgehead atoms. The summed E-state index contributed by atoms with van der Waals surface area (Å²) in [5.41, 5.74) is 2.23. The lowest BCUT2D eigenvalue weighted by Crippen LogP contribution is -2.20. The molecule has 26 heavy (non-hydrogen) atoms. The van der Waals surface area contributed by atoms with Crippen LogP contribution in [0.3, 0.4) is 0 Å². The van der Waals surface area contributed by atoms with E-state index in [0.717, 1.165) is 11.8 Å². The van der Waals surface area contributed by atoms with Crippen molar-refractivity contribution in [3.63, 3.8) is 0 Å². The second kappa shape index (κ2) is 8.74. The summed E-state index contributed by atoms with van der Waals surface area (Å²) in [6, 6.07) is 7.60. The Kier molecular flexibility index (Phi) is 6.15. The second-order valence-corrected chi connectivity index (χ2v) is 6.74. The number of hydrogen-bond donors (Lipinski definition) is 2. The fourth-order valence-corrected chi connectivity index (χ4v) is 3.47. The number of hydrogen-bond acceptors (Lipinski definition) is 8. The van der Waals surface area contributed by atoms with Crippen LogP contribution in [-0.4, -0.2) is 41.6 Å². The Bertz CT molecular complexity index is 876. The quantitative estimate of drug-likeness (QED) is 0.272. The van der Waals surface area contributed by atoms with Crippen LogP contribution in [0.4, 0.5) is 4.39 Å². The van der Waals surface area contributed by atoms with Gasteiger partial charge in [0, 0.05) is 18.1 Å². The van der Waals surface area contributed by atoms with Crippen LogP contribution in [0.5, 0.6) is 0 Å². The zero-order chi connectivity index (χ0) is 18.4. The van der Waals surface area contributed by atoms with Crippen molar-refractivity contribution in [2.24, 2.45) is 0 Å². The molecule has 0 atom stereocenters. The molecule has 0 saturated carbocycles. The largest absolute Gasteiger partial charge is 0.289 e. The van der Waals surface area contributed by atoms with Crippen molar-refractivity contribution in [1.29, 1.82) is 0 Å². The SMILES string of the molecule is O=C(CSc1nnc(CSc2ncccn2)n1-c1ccc(F)cc1)NO. The Labute approximate surface area is 156 Å². The first-order chi connectivity index (χ1) is 12.7. The molecule has 3 rings (SSSR count). The molecule has 2 N–H and O–H groups in total. The van der Waals surface area contributed by atoms with E-state index in [9.17, 15) is 9.18 Å². The van der Waals surface area contributed by atoms with Crippen molar-refractivity contribution in [1.82, 2.24) is 30.2 Å². The normalized spacial score (nSPS) is 10.7. The van der Waals surface area contributed by atoms with E-state index in [0.29, 0.717) is 27.6 Å². The fourth-order valence-electron chi connectivity index (χ4n) is 1.99. The third-order valence-electron chi connectivity index (χ3n) is 3.11. The van der Waals surface area contributed by atoms with Gasteiger partial charge in [-0.3, -0.25) is 14.6 Å². The highest BCUT2D eigenvalue weighted by molar-refractivity contribution is 7.99. The number of carbonyl (C=O) groups is 1. The van der Waals surface area contributed by atoms with Gasteiger partial charge in [0.1, 0.15) is 11.6 Å². The zero-order valence-electron chi connectivity index (χ0n) is 13.2. The number of amides is 1. The van der Waals surface area contributed by atoms with Crippen LogP contribution in [0.15, 0.2) is 53.0 Å². The Morgan fingerprint density at radius 3 is 2.58 bits per heavy atom. The maximum Gasteiger partial charge on any atom is 0.253 e. The van der Waals surface area contributed by atoms with Gasteiger partial charge >= 0.3 is 0 Å². The molecule has 0 fully saturated rings. The van der Waals surface area contributed by atoms with Gasteiger partial charge in [0.2, 0.25) is 0 Å². The summed E-state index contributed by atoms with van der Waals surface area (Å²) in [5, 5.41) is 17.9. The molecule has 0 unspecified atom stereocenters. The topological polar surface area (TPSA) is 106 Å². The van der Waals surface area contributed by atoms with Crippen molar-refractivity contribution in [2.75, 3.05) is 5.75 Å². The number of nitrogens with one attached hydrogen (secondary N) is 1. The van der Waals surface area contributed by atoms with Gasteiger partial charge in [-0.05, 0) is 30.3 Å². The Morgan fingerprint density at radius 2 is 1.88 bits per heavy atom. The number of hydroxylamine groups is 1. The average molecular weight is 392 g/mol. The van der Waals surface area contributed by atoms with Crippen LogP contribution in [0.1, 0.15) is 5.82 Å². The summed E-state index contributed by atoms with van der Waals surface area (Å²) in [4.78, 5) is 19.6. The third-order valence-corrected chi connectivity index (χ3v) is 4.92. The molecular formula is C15H13FN6O2S2. The molecule has 1 aromatic carbocycles. The second-order valence-electron chi connectivity index (χ2n) is 4.85. The number of rotatable bonds is 7. The smallest absolute Gasteiger partial charge is 0.253 e. The lowest BCUT2D eigenvalue weighted by molar-refractivity contribution is -0.126. The standard InChI is InChI=1S/C15H13FN6O2S2/c16-10-2-4-11(5-3-10)22-12(8-25-14-17-6-1-7-18-14)19-20-15(22)26-9-13(23)21-24/h1-7,24H,8-9H2,(H,21,23). The van der Waals surface area contributed by atoms with E-state index in [1.54, 1.807) is 40.6 Å². The predicted molar refractivity (Wildman–Crippen MR) is 93.6 cm³/mol. The van der Waals surface area contributed by atoms with E-state index in [4.69, 9.17) is 5.21 Å². The monoisotopic (exact) mass is 392 g/mol. The Balaban J connectivity index is 1.86. The number of halogens is 1. The first kappa shape index (κ1) is 18.3. The maximum absolute atomic E-state index is 13.3. The molecule has 0 radical (unpaired) electrons. The van der Waals surface area contributed by atoms with Crippen LogP contribution >= 0.6 is 23.5 Å². The van der Waals surface area contributed by atoms with Crippen molar-refractivity contribution >= 4 is 29.4 Å². The van der Waals surface area contributed by atoms with Crippen molar-refractivity contribution in [3.05, 3.63) is 54.4 Å². The zero-order valence-corrected chi connectivity index (χ0v) is 14.9. The van der Waals surface area contributed by atoms with Crippen LogP contribution in [-0.2, 0) is 10.5 Å². The van der Waals surface area contributed by atoms with E-state index in [2.05, 4.69) is 20.2 Å². The molecule has 0 aliphatic rings. The summed E-state index contributed by atoms with van der Waals surface area (Å²) in [6.45, 7) is 0. The molecule has 0 spiro atoms. The molecule has 3 aromatic rings. The molecule has 134 valence electrons. The highest BCUT2D eigenvalue weighted by Gasteiger charge is 2.16. The van der Waals surface area contributed by atoms with Crippen molar-refractivity contribution in [3.8, 4) is 5.69 Å². The lowest BCUT2D eigenvalue weighted by atomic mass is 10.3. The predicted octanol–water partition coefficient (Wildman–Crippen LogP) is 2.09. The lowest BCUT2D eigenvalue weighted by Gasteiger charge is -2.09. The maximum atomic E-state index is 13.3. The van der Waals surface area contributed by atoms with Crippen molar-refractivity contribution in [2.45, 2.75) is 16.1 Å². The third kappa shape index (κ3) is 4.56. The van der Waals surface area contributed by atoms with Crippen LogP contribution in [0, 0.1) is 5.82 Å². The van der Waals surface area contributed by atoms with Gasteiger partial charge in [-0.15, -0.1) is 10.2 Å². The van der Waals surface area contributed by atoms with E-state index >= 15 is 0 Å². The first-order valence-corrected chi connectivity index (χ1v) is 9.30. The molecule has 8 nitrogen and oxygen atoms in total. The first-order valence-electron chi connectivity index (χ1n) is 7.33. The number of benzene rings is 1. The minimum absolute atomic E-state index is 0.0369. The molecule has 0 aliphatic carbocycles. The van der Waals surface area contributed by atoms with Crippen LogP contribution < -0.4 is 5.48 Å². The molecule has 0 saturated heterocycles. The number of thioether (sulfide) groups is 2. The number of carbonyl (C=O) groups excluding carboxylic acids is 1. The molecular weight excluding hydrogens is 379 g/mol. The van der Waals surface area contributed by atoms with Crippen LogP contribution in [0.2, 0.25) is 0 Å². The van der Waals surface area contributed by atoms with E-state index in [1.807, 2.05) is 0 Å². The van der Waals surface area contributed by atoms with Gasteiger partial charge in [0.25, 0.3) is 5.91 Å². The summed E-state index contributed by atoms with van der Waals surface area (Å²) < 4.78 is 15.0. The summed E-state index contributed by atoms with van der Waals surface area (Å²) >= 11 is 2.48. The molecule has 11 heteroatoms. The van der Waals surface area contributed by atoms with E-state index in [1.165, 1.54) is 23.9 Å². The van der Waals surface area contributed by atoms with Gasteiger partial charge in [0.05, 0.1) is 11.5 Å². The number of aromatic nitrogens is 5. The average Bonchev–Trinajstić information content (AvgIpc) is 3.08. The Hall–Kier alpha value is -2.50. The van der Waals surface area contributed by atoms with E-state index in [-0.39, 0.29) is 11.6 Å². The molecule has 2 heterocycles. The highest BCUT2D eigenvalue weighted by Crippen LogP contribution is 2.26. The number of nitrogens with zero attached hydrogens (tertiary/aromatic N) is 5. The van der Waals surface area contributed by atoms with Gasteiger partial charge < -0.3 is 0 Å². The molecule has 1 amide bonds. The van der Waals surface area contributed by atoms with Gasteiger partial charge in [0.15, 0.2) is 10.3 Å². The van der Waals surface area contributed by atoms with Crippen molar-refractivity contribution < 1.29 is 14.4 Å². The Morgan fingerprint density at radius 1 is 1.15 bits per heavy atom. The minimum atomic E-state index is -0.558. The highest BCUT2D eigenvalue weighted by atomic mass is 32.2. The summed E-state index contributed by atoms with van der Waals surface area (Å²) in [5.74, 6) is 0.0777. The molecule has 2 aromatic heterocycles. The van der Waals surface area contributed by atoms with Gasteiger partial charge in [-0.1, -0.05) is 23.5 Å². The minimum Gasteiger partial charge on any atom is -0.289 e. The summed E-state index contributed by atoms with van der Waals surface area (Å²) in [7, 11) is 0. The van der Waals surface area contributed by atoms with Gasteiger partial charge in [-0.2, -0.15) is 0 Å². The van der Waals surface area contributed by atoms with Crippen LogP contribution in [0.25, 0.3) is 5.69 Å². The van der Waals surface area contributed by atoms with E-state index < -0.39 is 5.91 Å². The van der Waals surface area contributed by atoms with Gasteiger partial charge in [-0.25, -0.2) is 19.8 Å².